The maximum absolute atomic E-state index is 12.5. The number of benzene rings is 1. The third-order valence-corrected chi connectivity index (χ3v) is 6.29. The molecule has 1 aromatic carbocycles. The van der Waals surface area contributed by atoms with Crippen LogP contribution in [0, 0.1) is 0 Å². The molecule has 0 bridgehead atoms. The van der Waals surface area contributed by atoms with Crippen LogP contribution in [0.15, 0.2) is 30.3 Å². The average Bonchev–Trinajstić information content (AvgIpc) is 2.79. The van der Waals surface area contributed by atoms with E-state index in [2.05, 4.69) is 22.6 Å². The normalized spacial score (nSPS) is 24.4. The molecule has 2 atom stereocenters. The summed E-state index contributed by atoms with van der Waals surface area (Å²) in [6, 6.07) is 9.80. The summed E-state index contributed by atoms with van der Waals surface area (Å²) >= 11 is 3.84. The maximum atomic E-state index is 12.5. The lowest BCUT2D eigenvalue weighted by molar-refractivity contribution is -0.147. The second-order valence-corrected chi connectivity index (χ2v) is 8.17. The molecule has 0 radical (unpaired) electrons. The van der Waals surface area contributed by atoms with Crippen LogP contribution in [0.1, 0.15) is 31.2 Å². The number of unbranched alkanes of at least 4 members (excludes halogenated alkanes) is 1. The molecular weight excluding hydrogens is 425 g/mol. The van der Waals surface area contributed by atoms with Gasteiger partial charge in [0.25, 0.3) is 0 Å². The topological polar surface area (TPSA) is 60.8 Å². The molecular formula is C17H24INO3S. The fourth-order valence-corrected chi connectivity index (χ4v) is 4.68. The van der Waals surface area contributed by atoms with E-state index in [0.717, 1.165) is 22.8 Å². The van der Waals surface area contributed by atoms with Gasteiger partial charge in [-0.1, -0.05) is 52.9 Å². The number of carbonyl (C=O) groups is 1. The number of hydrogen-bond acceptors (Lipinski definition) is 4. The number of alkyl halides is 1. The lowest BCUT2D eigenvalue weighted by Gasteiger charge is -2.37. The maximum Gasteiger partial charge on any atom is 0.226 e. The number of nitrogens with zero attached hydrogens (tertiary/aromatic N) is 1. The highest BCUT2D eigenvalue weighted by Crippen LogP contribution is 2.41. The zero-order valence-electron chi connectivity index (χ0n) is 13.2. The second-order valence-electron chi connectivity index (χ2n) is 5.78. The highest BCUT2D eigenvalue weighted by atomic mass is 127. The third-order valence-electron chi connectivity index (χ3n) is 4.17. The highest BCUT2D eigenvalue weighted by molar-refractivity contribution is 14.1. The molecule has 2 unspecified atom stereocenters. The Bertz CT molecular complexity index is 502. The standard InChI is InChI=1S/C17H24INO3S/c18-9-5-4-8-17(22)15(23-11-10-20)12-16(21)19(17)13-14-6-2-1-3-7-14/h1-3,6-7,15,20,22H,4-5,8-13H2. The van der Waals surface area contributed by atoms with E-state index in [4.69, 9.17) is 5.11 Å². The number of amides is 1. The Morgan fingerprint density at radius 2 is 2.04 bits per heavy atom. The van der Waals surface area contributed by atoms with Crippen molar-refractivity contribution < 1.29 is 15.0 Å². The molecule has 0 spiro atoms. The Balaban J connectivity index is 2.16. The first-order valence-corrected chi connectivity index (χ1v) is 10.5. The van der Waals surface area contributed by atoms with Crippen LogP contribution in [0.25, 0.3) is 0 Å². The molecule has 6 heteroatoms. The van der Waals surface area contributed by atoms with Crippen LogP contribution >= 0.6 is 34.4 Å². The van der Waals surface area contributed by atoms with E-state index in [9.17, 15) is 9.90 Å². The summed E-state index contributed by atoms with van der Waals surface area (Å²) in [4.78, 5) is 14.1. The second kappa shape index (κ2) is 9.25. The fourth-order valence-electron chi connectivity index (χ4n) is 2.98. The number of aliphatic hydroxyl groups is 2. The number of thioether (sulfide) groups is 1. The minimum Gasteiger partial charge on any atom is -0.396 e. The molecule has 1 fully saturated rings. The zero-order chi connectivity index (χ0) is 16.7. The summed E-state index contributed by atoms with van der Waals surface area (Å²) < 4.78 is 1.05. The van der Waals surface area contributed by atoms with Gasteiger partial charge in [-0.05, 0) is 29.3 Å². The molecule has 1 aliphatic heterocycles. The number of likely N-dealkylation sites (tertiary alicyclic amines) is 1. The summed E-state index contributed by atoms with van der Waals surface area (Å²) in [5.74, 6) is 0.549. The quantitative estimate of drug-likeness (QED) is 0.346. The Morgan fingerprint density at radius 3 is 2.70 bits per heavy atom. The number of halogens is 1. The Kier molecular flexibility index (Phi) is 7.65. The number of rotatable bonds is 9. The van der Waals surface area contributed by atoms with Crippen LogP contribution in [-0.4, -0.2) is 48.8 Å². The first-order chi connectivity index (χ1) is 11.1. The van der Waals surface area contributed by atoms with E-state index in [1.165, 1.54) is 11.8 Å². The van der Waals surface area contributed by atoms with Gasteiger partial charge in [0.1, 0.15) is 0 Å². The van der Waals surface area contributed by atoms with E-state index < -0.39 is 5.72 Å². The van der Waals surface area contributed by atoms with E-state index in [-0.39, 0.29) is 17.8 Å². The van der Waals surface area contributed by atoms with Crippen molar-refractivity contribution in [1.82, 2.24) is 4.90 Å². The van der Waals surface area contributed by atoms with Crippen LogP contribution in [0.4, 0.5) is 0 Å². The van der Waals surface area contributed by atoms with Gasteiger partial charge >= 0.3 is 0 Å². The van der Waals surface area contributed by atoms with Crippen LogP contribution in [0.5, 0.6) is 0 Å². The Morgan fingerprint density at radius 1 is 1.30 bits per heavy atom. The van der Waals surface area contributed by atoms with Gasteiger partial charge in [-0.15, -0.1) is 0 Å². The van der Waals surface area contributed by atoms with Gasteiger partial charge < -0.3 is 15.1 Å². The van der Waals surface area contributed by atoms with Crippen LogP contribution in [0.3, 0.4) is 0 Å². The summed E-state index contributed by atoms with van der Waals surface area (Å²) in [5, 5.41) is 20.2. The van der Waals surface area contributed by atoms with E-state index in [1.807, 2.05) is 30.3 Å². The Labute approximate surface area is 155 Å². The molecule has 2 N–H and O–H groups in total. The molecule has 1 heterocycles. The first-order valence-electron chi connectivity index (χ1n) is 7.97. The Hall–Kier alpha value is -0.310. The van der Waals surface area contributed by atoms with Crippen molar-refractivity contribution in [2.75, 3.05) is 16.8 Å². The molecule has 1 amide bonds. The molecule has 1 aliphatic rings. The van der Waals surface area contributed by atoms with E-state index in [1.54, 1.807) is 4.90 Å². The van der Waals surface area contributed by atoms with E-state index >= 15 is 0 Å². The van der Waals surface area contributed by atoms with Gasteiger partial charge in [0.15, 0.2) is 5.72 Å². The summed E-state index contributed by atoms with van der Waals surface area (Å²) in [6.45, 7) is 0.508. The van der Waals surface area contributed by atoms with Crippen molar-refractivity contribution in [2.24, 2.45) is 0 Å². The molecule has 0 aliphatic carbocycles. The largest absolute Gasteiger partial charge is 0.396 e. The monoisotopic (exact) mass is 449 g/mol. The molecule has 2 rings (SSSR count). The number of aliphatic hydroxyl groups excluding tert-OH is 1. The average molecular weight is 449 g/mol. The smallest absolute Gasteiger partial charge is 0.226 e. The van der Waals surface area contributed by atoms with Crippen molar-refractivity contribution in [3.05, 3.63) is 35.9 Å². The van der Waals surface area contributed by atoms with Gasteiger partial charge in [-0.3, -0.25) is 4.79 Å². The van der Waals surface area contributed by atoms with Crippen LogP contribution in [-0.2, 0) is 11.3 Å². The summed E-state index contributed by atoms with van der Waals surface area (Å²) in [5.41, 5.74) is -0.0838. The van der Waals surface area contributed by atoms with Crippen molar-refractivity contribution >= 4 is 40.3 Å². The first kappa shape index (κ1) is 19.0. The molecule has 4 nitrogen and oxygen atoms in total. The van der Waals surface area contributed by atoms with Crippen molar-refractivity contribution in [3.63, 3.8) is 0 Å². The predicted molar refractivity (Wildman–Crippen MR) is 103 cm³/mol. The molecule has 0 aromatic heterocycles. The van der Waals surface area contributed by atoms with Crippen LogP contribution in [0.2, 0.25) is 0 Å². The van der Waals surface area contributed by atoms with Crippen LogP contribution < -0.4 is 0 Å². The van der Waals surface area contributed by atoms with Gasteiger partial charge in [0, 0.05) is 18.7 Å². The van der Waals surface area contributed by atoms with E-state index in [0.29, 0.717) is 25.1 Å². The minimum absolute atomic E-state index is 0.00117. The number of hydrogen-bond donors (Lipinski definition) is 2. The van der Waals surface area contributed by atoms with Gasteiger partial charge in [-0.2, -0.15) is 11.8 Å². The SMILES string of the molecule is O=C1CC(SCCO)C(O)(CCCCI)N1Cc1ccccc1. The molecule has 23 heavy (non-hydrogen) atoms. The zero-order valence-corrected chi connectivity index (χ0v) is 16.1. The molecule has 0 saturated carbocycles. The van der Waals surface area contributed by atoms with Crippen molar-refractivity contribution in [2.45, 2.75) is 43.2 Å². The number of carbonyl (C=O) groups excluding carboxylic acids is 1. The van der Waals surface area contributed by atoms with Gasteiger partial charge in [0.05, 0.1) is 11.9 Å². The van der Waals surface area contributed by atoms with Crippen molar-refractivity contribution in [3.8, 4) is 0 Å². The molecule has 128 valence electrons. The molecule has 1 aromatic rings. The highest BCUT2D eigenvalue weighted by Gasteiger charge is 2.51. The van der Waals surface area contributed by atoms with Crippen molar-refractivity contribution in [1.29, 1.82) is 0 Å². The third kappa shape index (κ3) is 4.84. The lowest BCUT2D eigenvalue weighted by atomic mass is 10.0. The summed E-state index contributed by atoms with van der Waals surface area (Å²) in [7, 11) is 0. The predicted octanol–water partition coefficient (Wildman–Crippen LogP) is 2.81. The van der Waals surface area contributed by atoms with Gasteiger partial charge in [0.2, 0.25) is 5.91 Å². The fraction of sp³-hybridized carbons (Fsp3) is 0.588. The lowest BCUT2D eigenvalue weighted by Crippen LogP contribution is -2.50. The minimum atomic E-state index is -1.11. The van der Waals surface area contributed by atoms with Gasteiger partial charge in [-0.25, -0.2) is 0 Å². The molecule has 1 saturated heterocycles. The summed E-state index contributed by atoms with van der Waals surface area (Å²) in [6.07, 6.45) is 2.87.